The Hall–Kier alpha value is -1.30. The first-order valence-electron chi connectivity index (χ1n) is 5.30. The van der Waals surface area contributed by atoms with Gasteiger partial charge < -0.3 is 0 Å². The van der Waals surface area contributed by atoms with E-state index in [9.17, 15) is 8.42 Å². The normalized spacial score (nSPS) is 11.3. The van der Waals surface area contributed by atoms with Crippen molar-refractivity contribution >= 4 is 38.9 Å². The van der Waals surface area contributed by atoms with Crippen molar-refractivity contribution in [2.75, 3.05) is 4.72 Å². The molecule has 1 aromatic heterocycles. The van der Waals surface area contributed by atoms with Crippen molar-refractivity contribution in [3.8, 4) is 0 Å². The Morgan fingerprint density at radius 3 is 2.58 bits per heavy atom. The van der Waals surface area contributed by atoms with Gasteiger partial charge in [0.25, 0.3) is 10.0 Å². The molecular formula is C12H10Cl2N2O2S. The Balaban J connectivity index is 2.43. The van der Waals surface area contributed by atoms with Crippen LogP contribution in [0.4, 0.5) is 5.69 Å². The van der Waals surface area contributed by atoms with Crippen molar-refractivity contribution in [1.82, 2.24) is 4.98 Å². The molecule has 2 aromatic rings. The van der Waals surface area contributed by atoms with E-state index in [4.69, 9.17) is 23.2 Å². The fourth-order valence-corrected chi connectivity index (χ4v) is 3.25. The van der Waals surface area contributed by atoms with Crippen molar-refractivity contribution in [2.45, 2.75) is 11.8 Å². The van der Waals surface area contributed by atoms with E-state index >= 15 is 0 Å². The topological polar surface area (TPSA) is 59.1 Å². The number of aryl methyl sites for hydroxylation is 1. The first-order chi connectivity index (χ1) is 8.92. The summed E-state index contributed by atoms with van der Waals surface area (Å²) in [5.41, 5.74) is 1.08. The lowest BCUT2D eigenvalue weighted by Gasteiger charge is -2.11. The van der Waals surface area contributed by atoms with Gasteiger partial charge in [0.2, 0.25) is 0 Å². The third kappa shape index (κ3) is 3.00. The van der Waals surface area contributed by atoms with Crippen LogP contribution in [0, 0.1) is 6.92 Å². The number of rotatable bonds is 3. The monoisotopic (exact) mass is 316 g/mol. The average Bonchev–Trinajstić information content (AvgIpc) is 2.35. The number of aromatic nitrogens is 1. The summed E-state index contributed by atoms with van der Waals surface area (Å²) in [4.78, 5) is 3.65. The van der Waals surface area contributed by atoms with E-state index in [-0.39, 0.29) is 10.0 Å². The van der Waals surface area contributed by atoms with Gasteiger partial charge in [-0.25, -0.2) is 13.4 Å². The summed E-state index contributed by atoms with van der Waals surface area (Å²) in [6.07, 6.45) is 1.42. The summed E-state index contributed by atoms with van der Waals surface area (Å²) >= 11 is 11.8. The molecule has 19 heavy (non-hydrogen) atoms. The molecule has 0 fully saturated rings. The van der Waals surface area contributed by atoms with Crippen molar-refractivity contribution in [3.05, 3.63) is 52.3 Å². The summed E-state index contributed by atoms with van der Waals surface area (Å²) in [6.45, 7) is 1.79. The van der Waals surface area contributed by atoms with Crippen LogP contribution < -0.4 is 4.72 Å². The van der Waals surface area contributed by atoms with Crippen LogP contribution in [0.25, 0.3) is 0 Å². The molecule has 0 unspecified atom stereocenters. The van der Waals surface area contributed by atoms with Crippen molar-refractivity contribution in [3.63, 3.8) is 0 Å². The Morgan fingerprint density at radius 1 is 1.16 bits per heavy atom. The van der Waals surface area contributed by atoms with Gasteiger partial charge in [0.15, 0.2) is 0 Å². The van der Waals surface area contributed by atoms with E-state index in [0.717, 1.165) is 5.56 Å². The summed E-state index contributed by atoms with van der Waals surface area (Å²) in [5, 5.41) is 0.268. The quantitative estimate of drug-likeness (QED) is 0.882. The number of anilines is 1. The predicted octanol–water partition coefficient (Wildman–Crippen LogP) is 3.50. The molecule has 2 rings (SSSR count). The van der Waals surface area contributed by atoms with Gasteiger partial charge in [-0.3, -0.25) is 4.72 Å². The number of nitrogens with zero attached hydrogens (tertiary/aromatic N) is 1. The molecule has 4 nitrogen and oxygen atoms in total. The minimum atomic E-state index is -3.81. The van der Waals surface area contributed by atoms with Gasteiger partial charge in [0.05, 0.1) is 10.7 Å². The summed E-state index contributed by atoms with van der Waals surface area (Å²) in [7, 11) is -3.81. The minimum Gasteiger partial charge on any atom is -0.278 e. The highest BCUT2D eigenvalue weighted by Gasteiger charge is 2.19. The Bertz CT molecular complexity index is 717. The lowest BCUT2D eigenvalue weighted by Crippen LogP contribution is -2.14. The smallest absolute Gasteiger partial charge is 0.265 e. The van der Waals surface area contributed by atoms with Crippen LogP contribution in [0.3, 0.4) is 0 Å². The zero-order valence-electron chi connectivity index (χ0n) is 9.89. The van der Waals surface area contributed by atoms with Gasteiger partial charge in [-0.2, -0.15) is 0 Å². The Morgan fingerprint density at radius 2 is 1.89 bits per heavy atom. The third-order valence-electron chi connectivity index (χ3n) is 2.45. The van der Waals surface area contributed by atoms with E-state index < -0.39 is 10.0 Å². The van der Waals surface area contributed by atoms with Gasteiger partial charge in [-0.1, -0.05) is 35.3 Å². The molecule has 0 saturated carbocycles. The second-order valence-corrected chi connectivity index (χ2v) is 6.22. The van der Waals surface area contributed by atoms with Crippen molar-refractivity contribution in [1.29, 1.82) is 0 Å². The number of halogens is 2. The van der Waals surface area contributed by atoms with Crippen LogP contribution >= 0.6 is 23.2 Å². The van der Waals surface area contributed by atoms with E-state index in [2.05, 4.69) is 9.71 Å². The Labute approximate surface area is 121 Å². The standard InChI is InChI=1S/C12H10Cl2N2O2S/c1-8-4-2-5-9(11(8)13)16-19(17,18)10-6-3-7-15-12(10)14/h2-7,16H,1H3. The third-order valence-corrected chi connectivity index (χ3v) is 4.76. The first kappa shape index (κ1) is 14.1. The summed E-state index contributed by atoms with van der Waals surface area (Å²) in [5.74, 6) is 0. The molecule has 7 heteroatoms. The zero-order valence-corrected chi connectivity index (χ0v) is 12.2. The maximum atomic E-state index is 12.2. The lowest BCUT2D eigenvalue weighted by atomic mass is 10.2. The molecule has 1 heterocycles. The number of pyridine rings is 1. The predicted molar refractivity (Wildman–Crippen MR) is 76.2 cm³/mol. The molecule has 0 saturated heterocycles. The van der Waals surface area contributed by atoms with Crippen LogP contribution in [-0.4, -0.2) is 13.4 Å². The molecule has 0 aliphatic carbocycles. The molecule has 1 aromatic carbocycles. The highest BCUT2D eigenvalue weighted by Crippen LogP contribution is 2.28. The zero-order chi connectivity index (χ0) is 14.0. The Kier molecular flexibility index (Phi) is 3.99. The number of sulfonamides is 1. The van der Waals surface area contributed by atoms with Crippen LogP contribution in [0.5, 0.6) is 0 Å². The number of hydrogen-bond donors (Lipinski definition) is 1. The van der Waals surface area contributed by atoms with Crippen molar-refractivity contribution < 1.29 is 8.42 Å². The molecule has 0 atom stereocenters. The highest BCUT2D eigenvalue weighted by molar-refractivity contribution is 7.92. The van der Waals surface area contributed by atoms with Gasteiger partial charge >= 0.3 is 0 Å². The number of benzene rings is 1. The van der Waals surface area contributed by atoms with Crippen LogP contribution in [0.1, 0.15) is 5.56 Å². The molecule has 0 bridgehead atoms. The van der Waals surface area contributed by atoms with Crippen LogP contribution in [-0.2, 0) is 10.0 Å². The van der Waals surface area contributed by atoms with Gasteiger partial charge in [0.1, 0.15) is 10.0 Å². The summed E-state index contributed by atoms with van der Waals surface area (Å²) < 4.78 is 26.8. The summed E-state index contributed by atoms with van der Waals surface area (Å²) in [6, 6.07) is 7.96. The fraction of sp³-hybridized carbons (Fsp3) is 0.0833. The first-order valence-corrected chi connectivity index (χ1v) is 7.54. The van der Waals surface area contributed by atoms with Crippen LogP contribution in [0.2, 0.25) is 10.2 Å². The molecule has 1 N–H and O–H groups in total. The molecular weight excluding hydrogens is 307 g/mol. The van der Waals surface area contributed by atoms with Crippen molar-refractivity contribution in [2.24, 2.45) is 0 Å². The SMILES string of the molecule is Cc1cccc(NS(=O)(=O)c2cccnc2Cl)c1Cl. The van der Waals surface area contributed by atoms with Gasteiger partial charge in [-0.05, 0) is 30.7 Å². The highest BCUT2D eigenvalue weighted by atomic mass is 35.5. The van der Waals surface area contributed by atoms with Gasteiger partial charge in [-0.15, -0.1) is 0 Å². The lowest BCUT2D eigenvalue weighted by molar-refractivity contribution is 0.601. The molecule has 0 aliphatic heterocycles. The van der Waals surface area contributed by atoms with E-state index in [1.54, 1.807) is 25.1 Å². The molecule has 0 radical (unpaired) electrons. The second-order valence-electron chi connectivity index (χ2n) is 3.83. The molecule has 0 aliphatic rings. The maximum absolute atomic E-state index is 12.2. The average molecular weight is 317 g/mol. The number of hydrogen-bond acceptors (Lipinski definition) is 3. The maximum Gasteiger partial charge on any atom is 0.265 e. The second kappa shape index (κ2) is 5.36. The molecule has 0 spiro atoms. The van der Waals surface area contributed by atoms with Gasteiger partial charge in [0, 0.05) is 6.20 Å². The fourth-order valence-electron chi connectivity index (χ4n) is 1.50. The van der Waals surface area contributed by atoms with E-state index in [1.807, 2.05) is 0 Å². The largest absolute Gasteiger partial charge is 0.278 e. The van der Waals surface area contributed by atoms with E-state index in [1.165, 1.54) is 18.3 Å². The van der Waals surface area contributed by atoms with E-state index in [0.29, 0.717) is 10.7 Å². The number of nitrogens with one attached hydrogen (secondary N) is 1. The molecule has 0 amide bonds. The minimum absolute atomic E-state index is 0.0845. The molecule has 100 valence electrons. The van der Waals surface area contributed by atoms with Crippen LogP contribution in [0.15, 0.2) is 41.4 Å².